The van der Waals surface area contributed by atoms with Gasteiger partial charge in [0.15, 0.2) is 0 Å². The van der Waals surface area contributed by atoms with E-state index in [9.17, 15) is 0 Å². The molecule has 0 bridgehead atoms. The highest BCUT2D eigenvalue weighted by molar-refractivity contribution is 5.97. The van der Waals surface area contributed by atoms with Crippen molar-refractivity contribution in [3.05, 3.63) is 70.8 Å². The van der Waals surface area contributed by atoms with Gasteiger partial charge in [-0.05, 0) is 34.6 Å². The summed E-state index contributed by atoms with van der Waals surface area (Å²) in [4.78, 5) is 3.94. The standard InChI is InChI=1S/C12H20N2.C12H18N2/c2*1-12(2,3)10-7-5-9(6-8-10)11(13)14-4/h5-8,11,14H,13H2,1-4H3;5-8H,1-4H3,(H2,13,14). The molecular weight excluding hydrogens is 344 g/mol. The Balaban J connectivity index is 0.000000280. The lowest BCUT2D eigenvalue weighted by Gasteiger charge is -2.20. The summed E-state index contributed by atoms with van der Waals surface area (Å²) >= 11 is 0. The van der Waals surface area contributed by atoms with Gasteiger partial charge in [-0.15, -0.1) is 0 Å². The summed E-state index contributed by atoms with van der Waals surface area (Å²) < 4.78 is 0. The molecule has 2 rings (SSSR count). The van der Waals surface area contributed by atoms with E-state index in [1.165, 1.54) is 11.1 Å². The highest BCUT2D eigenvalue weighted by Crippen LogP contribution is 2.23. The molecule has 0 radical (unpaired) electrons. The quantitative estimate of drug-likeness (QED) is 0.416. The zero-order chi connectivity index (χ0) is 21.5. The topological polar surface area (TPSA) is 76.4 Å². The van der Waals surface area contributed by atoms with Crippen LogP contribution in [0, 0.1) is 0 Å². The second-order valence-electron chi connectivity index (χ2n) is 9.07. The second kappa shape index (κ2) is 9.85. The van der Waals surface area contributed by atoms with E-state index in [4.69, 9.17) is 11.5 Å². The first-order valence-electron chi connectivity index (χ1n) is 9.76. The van der Waals surface area contributed by atoms with Crippen molar-refractivity contribution in [3.63, 3.8) is 0 Å². The predicted molar refractivity (Wildman–Crippen MR) is 123 cm³/mol. The van der Waals surface area contributed by atoms with E-state index in [1.807, 2.05) is 19.2 Å². The minimum atomic E-state index is -0.0657. The molecule has 2 aromatic rings. The number of aliphatic imine (C=N–C) groups is 1. The SMILES string of the molecule is CN=C(N)c1ccc(C(C)(C)C)cc1.CNC(N)c1ccc(C(C)(C)C)cc1. The average molecular weight is 383 g/mol. The highest BCUT2D eigenvalue weighted by Gasteiger charge is 2.14. The van der Waals surface area contributed by atoms with Crippen molar-refractivity contribution in [3.8, 4) is 0 Å². The van der Waals surface area contributed by atoms with Crippen molar-refractivity contribution in [2.24, 2.45) is 16.5 Å². The molecule has 5 N–H and O–H groups in total. The molecule has 2 aromatic carbocycles. The van der Waals surface area contributed by atoms with Crippen LogP contribution in [0.2, 0.25) is 0 Å². The van der Waals surface area contributed by atoms with Gasteiger partial charge in [-0.1, -0.05) is 90.1 Å². The molecule has 0 aromatic heterocycles. The average Bonchev–Trinajstić information content (AvgIpc) is 2.66. The summed E-state index contributed by atoms with van der Waals surface area (Å²) in [6.07, 6.45) is -0.0657. The number of rotatable bonds is 3. The number of benzene rings is 2. The Hall–Kier alpha value is -2.17. The highest BCUT2D eigenvalue weighted by atomic mass is 15.0. The Morgan fingerprint density at radius 3 is 1.54 bits per heavy atom. The molecule has 0 aliphatic carbocycles. The summed E-state index contributed by atoms with van der Waals surface area (Å²) in [5.74, 6) is 0.588. The van der Waals surface area contributed by atoms with Crippen LogP contribution in [-0.2, 0) is 10.8 Å². The molecular formula is C24H38N4. The van der Waals surface area contributed by atoms with Gasteiger partial charge in [-0.2, -0.15) is 0 Å². The van der Waals surface area contributed by atoms with Crippen LogP contribution < -0.4 is 16.8 Å². The Kier molecular flexibility index (Phi) is 8.40. The maximum atomic E-state index is 5.84. The van der Waals surface area contributed by atoms with Crippen molar-refractivity contribution in [2.45, 2.75) is 58.5 Å². The molecule has 0 saturated heterocycles. The molecule has 0 amide bonds. The zero-order valence-electron chi connectivity index (χ0n) is 18.8. The van der Waals surface area contributed by atoms with Gasteiger partial charge < -0.3 is 16.8 Å². The first-order chi connectivity index (χ1) is 12.9. The van der Waals surface area contributed by atoms with Crippen LogP contribution in [0.4, 0.5) is 0 Å². The monoisotopic (exact) mass is 382 g/mol. The molecule has 0 aliphatic heterocycles. The molecule has 28 heavy (non-hydrogen) atoms. The fourth-order valence-corrected chi connectivity index (χ4v) is 2.63. The molecule has 154 valence electrons. The van der Waals surface area contributed by atoms with E-state index in [-0.39, 0.29) is 17.0 Å². The predicted octanol–water partition coefficient (Wildman–Crippen LogP) is 4.48. The first-order valence-corrected chi connectivity index (χ1v) is 9.76. The lowest BCUT2D eigenvalue weighted by Crippen LogP contribution is -2.24. The third kappa shape index (κ3) is 7.10. The lowest BCUT2D eigenvalue weighted by atomic mass is 9.86. The Labute approximate surface area is 171 Å². The van der Waals surface area contributed by atoms with E-state index in [0.717, 1.165) is 11.1 Å². The third-order valence-electron chi connectivity index (χ3n) is 4.73. The third-order valence-corrected chi connectivity index (χ3v) is 4.73. The molecule has 0 aliphatic rings. The van der Waals surface area contributed by atoms with Gasteiger partial charge in [0.25, 0.3) is 0 Å². The molecule has 0 fully saturated rings. The summed E-state index contributed by atoms with van der Waals surface area (Å²) in [5.41, 5.74) is 16.7. The molecule has 4 heteroatoms. The number of hydrogen-bond acceptors (Lipinski definition) is 3. The fraction of sp³-hybridized carbons (Fsp3) is 0.458. The fourth-order valence-electron chi connectivity index (χ4n) is 2.63. The van der Waals surface area contributed by atoms with E-state index >= 15 is 0 Å². The van der Waals surface area contributed by atoms with Crippen LogP contribution in [0.5, 0.6) is 0 Å². The molecule has 0 saturated carbocycles. The van der Waals surface area contributed by atoms with Crippen molar-refractivity contribution in [1.29, 1.82) is 0 Å². The van der Waals surface area contributed by atoms with Gasteiger partial charge in [-0.3, -0.25) is 4.99 Å². The second-order valence-corrected chi connectivity index (χ2v) is 9.07. The molecule has 0 spiro atoms. The van der Waals surface area contributed by atoms with Crippen LogP contribution in [0.1, 0.15) is 70.0 Å². The van der Waals surface area contributed by atoms with E-state index in [1.54, 1.807) is 7.05 Å². The van der Waals surface area contributed by atoms with Gasteiger partial charge in [0.2, 0.25) is 0 Å². The Morgan fingerprint density at radius 1 is 0.821 bits per heavy atom. The van der Waals surface area contributed by atoms with E-state index in [0.29, 0.717) is 5.84 Å². The van der Waals surface area contributed by atoms with Crippen molar-refractivity contribution < 1.29 is 0 Å². The van der Waals surface area contributed by atoms with Crippen LogP contribution in [-0.4, -0.2) is 19.9 Å². The van der Waals surface area contributed by atoms with Crippen molar-refractivity contribution in [2.75, 3.05) is 14.1 Å². The minimum absolute atomic E-state index is 0.0657. The maximum absolute atomic E-state index is 5.84. The molecule has 0 heterocycles. The molecule has 1 unspecified atom stereocenters. The van der Waals surface area contributed by atoms with Crippen molar-refractivity contribution >= 4 is 5.84 Å². The minimum Gasteiger partial charge on any atom is -0.384 e. The van der Waals surface area contributed by atoms with E-state index in [2.05, 4.69) is 88.2 Å². The van der Waals surface area contributed by atoms with Crippen LogP contribution >= 0.6 is 0 Å². The van der Waals surface area contributed by atoms with Gasteiger partial charge in [0.1, 0.15) is 5.84 Å². The molecule has 4 nitrogen and oxygen atoms in total. The number of nitrogens with two attached hydrogens (primary N) is 2. The van der Waals surface area contributed by atoms with Crippen LogP contribution in [0.15, 0.2) is 53.5 Å². The number of nitrogens with zero attached hydrogens (tertiary/aromatic N) is 1. The van der Waals surface area contributed by atoms with Crippen molar-refractivity contribution in [1.82, 2.24) is 5.32 Å². The first kappa shape index (κ1) is 23.9. The lowest BCUT2D eigenvalue weighted by molar-refractivity contribution is 0.586. The summed E-state index contributed by atoms with van der Waals surface area (Å²) in [6.45, 7) is 13.2. The van der Waals surface area contributed by atoms with Gasteiger partial charge in [0, 0.05) is 12.6 Å². The van der Waals surface area contributed by atoms with Gasteiger partial charge in [-0.25, -0.2) is 0 Å². The number of hydrogen-bond donors (Lipinski definition) is 3. The summed E-state index contributed by atoms with van der Waals surface area (Å²) in [6, 6.07) is 16.7. The Bertz CT molecular complexity index is 745. The maximum Gasteiger partial charge on any atom is 0.125 e. The smallest absolute Gasteiger partial charge is 0.125 e. The Morgan fingerprint density at radius 2 is 1.21 bits per heavy atom. The largest absolute Gasteiger partial charge is 0.384 e. The molecule has 1 atom stereocenters. The van der Waals surface area contributed by atoms with E-state index < -0.39 is 0 Å². The zero-order valence-corrected chi connectivity index (χ0v) is 18.8. The van der Waals surface area contributed by atoms with Gasteiger partial charge in [0.05, 0.1) is 6.17 Å². The van der Waals surface area contributed by atoms with Crippen LogP contribution in [0.3, 0.4) is 0 Å². The normalized spacial score (nSPS) is 13.5. The van der Waals surface area contributed by atoms with Crippen LogP contribution in [0.25, 0.3) is 0 Å². The number of amidine groups is 1. The van der Waals surface area contributed by atoms with Gasteiger partial charge >= 0.3 is 0 Å². The summed E-state index contributed by atoms with van der Waals surface area (Å²) in [5, 5.41) is 3.02. The number of nitrogens with one attached hydrogen (secondary N) is 1. The summed E-state index contributed by atoms with van der Waals surface area (Å²) in [7, 11) is 3.56.